The van der Waals surface area contributed by atoms with Gasteiger partial charge in [-0.25, -0.2) is 0 Å². The average molecular weight is 293 g/mol. The summed E-state index contributed by atoms with van der Waals surface area (Å²) in [5, 5.41) is 11.6. The summed E-state index contributed by atoms with van der Waals surface area (Å²) in [6, 6.07) is 12.3. The number of benzene rings is 2. The van der Waals surface area contributed by atoms with Crippen LogP contribution in [0.4, 0.5) is 0 Å². The number of aliphatic hydroxyl groups excluding tert-OH is 1. The van der Waals surface area contributed by atoms with Crippen LogP contribution in [-0.2, 0) is 0 Å². The second-order valence-corrected chi connectivity index (χ2v) is 5.43. The number of hydrogen-bond acceptors (Lipinski definition) is 2. The quantitative estimate of drug-likeness (QED) is 0.918. The first kappa shape index (κ1) is 11.1. The van der Waals surface area contributed by atoms with Gasteiger partial charge in [0.15, 0.2) is 0 Å². The van der Waals surface area contributed by atoms with Crippen LogP contribution in [-0.4, -0.2) is 17.3 Å². The summed E-state index contributed by atoms with van der Waals surface area (Å²) in [6.07, 6.45) is 1.51. The van der Waals surface area contributed by atoms with Gasteiger partial charge in [-0.05, 0) is 35.0 Å². The van der Waals surface area contributed by atoms with Gasteiger partial charge in [-0.3, -0.25) is 0 Å². The molecule has 2 aromatic rings. The molecule has 0 unspecified atom stereocenters. The van der Waals surface area contributed by atoms with Crippen LogP contribution in [0, 0.1) is 0 Å². The maximum atomic E-state index is 9.21. The van der Waals surface area contributed by atoms with Gasteiger partial charge in [0, 0.05) is 17.3 Å². The smallest absolute Gasteiger partial charge is 0.120 e. The Morgan fingerprint density at radius 2 is 1.76 bits per heavy atom. The molecule has 1 aliphatic carbocycles. The Morgan fingerprint density at radius 1 is 1.06 bits per heavy atom. The average Bonchev–Trinajstić information content (AvgIpc) is 2.27. The van der Waals surface area contributed by atoms with Crippen LogP contribution in [0.1, 0.15) is 12.8 Å². The van der Waals surface area contributed by atoms with Crippen molar-refractivity contribution in [3.05, 3.63) is 40.9 Å². The fourth-order valence-electron chi connectivity index (χ4n) is 2.09. The van der Waals surface area contributed by atoms with Crippen molar-refractivity contribution in [2.24, 2.45) is 0 Å². The molecule has 0 amide bonds. The molecule has 3 rings (SSSR count). The van der Waals surface area contributed by atoms with Crippen LogP contribution in [0.5, 0.6) is 5.75 Å². The van der Waals surface area contributed by atoms with E-state index in [0.717, 1.165) is 23.1 Å². The van der Waals surface area contributed by atoms with Crippen LogP contribution in [0.3, 0.4) is 0 Å². The molecule has 88 valence electrons. The maximum absolute atomic E-state index is 9.21. The summed E-state index contributed by atoms with van der Waals surface area (Å²) in [7, 11) is 0. The Kier molecular flexibility index (Phi) is 2.81. The van der Waals surface area contributed by atoms with Crippen molar-refractivity contribution in [1.29, 1.82) is 0 Å². The second-order valence-electron chi connectivity index (χ2n) is 4.52. The van der Waals surface area contributed by atoms with Crippen molar-refractivity contribution < 1.29 is 9.84 Å². The summed E-state index contributed by atoms with van der Waals surface area (Å²) >= 11 is 3.46. The number of hydrogen-bond donors (Lipinski definition) is 1. The number of ether oxygens (including phenoxy) is 1. The van der Waals surface area contributed by atoms with Gasteiger partial charge in [-0.15, -0.1) is 0 Å². The van der Waals surface area contributed by atoms with Crippen molar-refractivity contribution in [1.82, 2.24) is 0 Å². The normalized spacial score (nSPS) is 23.4. The highest BCUT2D eigenvalue weighted by atomic mass is 79.9. The number of aliphatic hydroxyl groups is 1. The predicted molar refractivity (Wildman–Crippen MR) is 71.3 cm³/mol. The lowest BCUT2D eigenvalue weighted by Crippen LogP contribution is -2.37. The minimum atomic E-state index is -0.170. The second kappa shape index (κ2) is 4.31. The Balaban J connectivity index is 1.84. The van der Waals surface area contributed by atoms with Crippen LogP contribution in [0.2, 0.25) is 0 Å². The number of halogens is 1. The Bertz CT molecular complexity index is 547. The molecular weight excluding hydrogens is 280 g/mol. The number of rotatable bonds is 2. The van der Waals surface area contributed by atoms with Crippen LogP contribution >= 0.6 is 15.9 Å². The van der Waals surface area contributed by atoms with Gasteiger partial charge in [-0.1, -0.05) is 28.1 Å². The molecule has 0 heterocycles. The zero-order valence-electron chi connectivity index (χ0n) is 9.27. The summed E-state index contributed by atoms with van der Waals surface area (Å²) in [5.41, 5.74) is 0. The van der Waals surface area contributed by atoms with E-state index < -0.39 is 0 Å². The Hall–Kier alpha value is -1.06. The van der Waals surface area contributed by atoms with E-state index in [4.69, 9.17) is 4.74 Å². The summed E-state index contributed by atoms with van der Waals surface area (Å²) in [4.78, 5) is 0. The fraction of sp³-hybridized carbons (Fsp3) is 0.286. The van der Waals surface area contributed by atoms with E-state index in [2.05, 4.69) is 34.1 Å². The lowest BCUT2D eigenvalue weighted by atomic mass is 9.92. The molecule has 1 saturated carbocycles. The van der Waals surface area contributed by atoms with Gasteiger partial charge in [-0.2, -0.15) is 0 Å². The third-order valence-corrected chi connectivity index (χ3v) is 3.64. The Morgan fingerprint density at radius 3 is 2.53 bits per heavy atom. The first-order valence-electron chi connectivity index (χ1n) is 5.75. The van der Waals surface area contributed by atoms with Gasteiger partial charge in [0.05, 0.1) is 6.10 Å². The molecule has 1 fully saturated rings. The van der Waals surface area contributed by atoms with Crippen LogP contribution in [0.25, 0.3) is 10.8 Å². The van der Waals surface area contributed by atoms with Crippen molar-refractivity contribution in [2.75, 3.05) is 0 Å². The SMILES string of the molecule is OC1CC(Oc2ccc3cc(Br)ccc3c2)C1. The monoisotopic (exact) mass is 292 g/mol. The first-order valence-corrected chi connectivity index (χ1v) is 6.54. The lowest BCUT2D eigenvalue weighted by Gasteiger charge is -2.31. The molecule has 0 radical (unpaired) electrons. The van der Waals surface area contributed by atoms with Gasteiger partial charge in [0.2, 0.25) is 0 Å². The summed E-state index contributed by atoms with van der Waals surface area (Å²) in [5.74, 6) is 0.886. The molecule has 0 bridgehead atoms. The standard InChI is InChI=1S/C14H13BrO2/c15-11-3-1-10-6-13(4-2-9(10)5-11)17-14-7-12(16)8-14/h1-6,12,14,16H,7-8H2. The minimum Gasteiger partial charge on any atom is -0.490 e. The lowest BCUT2D eigenvalue weighted by molar-refractivity contribution is -0.0107. The van der Waals surface area contributed by atoms with E-state index in [9.17, 15) is 5.11 Å². The van der Waals surface area contributed by atoms with E-state index in [1.807, 2.05) is 18.2 Å². The molecule has 17 heavy (non-hydrogen) atoms. The molecule has 0 spiro atoms. The van der Waals surface area contributed by atoms with E-state index in [1.165, 1.54) is 10.8 Å². The van der Waals surface area contributed by atoms with Gasteiger partial charge in [0.1, 0.15) is 11.9 Å². The highest BCUT2D eigenvalue weighted by Crippen LogP contribution is 2.29. The molecule has 3 heteroatoms. The topological polar surface area (TPSA) is 29.5 Å². The molecule has 0 aromatic heterocycles. The third kappa shape index (κ3) is 2.31. The van der Waals surface area contributed by atoms with Crippen LogP contribution in [0.15, 0.2) is 40.9 Å². The van der Waals surface area contributed by atoms with Gasteiger partial charge in [0.25, 0.3) is 0 Å². The molecule has 0 saturated heterocycles. The van der Waals surface area contributed by atoms with Crippen molar-refractivity contribution in [3.63, 3.8) is 0 Å². The van der Waals surface area contributed by atoms with Crippen molar-refractivity contribution in [2.45, 2.75) is 25.0 Å². The summed E-state index contributed by atoms with van der Waals surface area (Å²) in [6.45, 7) is 0. The third-order valence-electron chi connectivity index (χ3n) is 3.15. The molecule has 0 atom stereocenters. The maximum Gasteiger partial charge on any atom is 0.120 e. The van der Waals surface area contributed by atoms with Gasteiger partial charge < -0.3 is 9.84 Å². The molecule has 2 aromatic carbocycles. The Labute approximate surface area is 108 Å². The van der Waals surface area contributed by atoms with Crippen LogP contribution < -0.4 is 4.74 Å². The van der Waals surface area contributed by atoms with Gasteiger partial charge >= 0.3 is 0 Å². The largest absolute Gasteiger partial charge is 0.490 e. The zero-order chi connectivity index (χ0) is 11.8. The predicted octanol–water partition coefficient (Wildman–Crippen LogP) is 3.50. The van der Waals surface area contributed by atoms with E-state index in [-0.39, 0.29) is 12.2 Å². The van der Waals surface area contributed by atoms with E-state index >= 15 is 0 Å². The molecule has 1 aliphatic rings. The highest BCUT2D eigenvalue weighted by Gasteiger charge is 2.28. The molecular formula is C14H13BrO2. The molecule has 2 nitrogen and oxygen atoms in total. The van der Waals surface area contributed by atoms with E-state index in [1.54, 1.807) is 0 Å². The van der Waals surface area contributed by atoms with Crippen molar-refractivity contribution >= 4 is 26.7 Å². The number of fused-ring (bicyclic) bond motifs is 1. The van der Waals surface area contributed by atoms with Crippen molar-refractivity contribution in [3.8, 4) is 5.75 Å². The fourth-order valence-corrected chi connectivity index (χ4v) is 2.47. The van der Waals surface area contributed by atoms with E-state index in [0.29, 0.717) is 0 Å². The summed E-state index contributed by atoms with van der Waals surface area (Å²) < 4.78 is 6.87. The molecule has 0 aliphatic heterocycles. The first-order chi connectivity index (χ1) is 8.20. The highest BCUT2D eigenvalue weighted by molar-refractivity contribution is 9.10. The zero-order valence-corrected chi connectivity index (χ0v) is 10.9. The molecule has 1 N–H and O–H groups in total. The minimum absolute atomic E-state index is 0.170.